The van der Waals surface area contributed by atoms with Crippen molar-refractivity contribution in [2.75, 3.05) is 26.3 Å². The number of benzene rings is 1. The van der Waals surface area contributed by atoms with Gasteiger partial charge in [-0.1, -0.05) is 6.07 Å². The summed E-state index contributed by atoms with van der Waals surface area (Å²) in [6.07, 6.45) is 3.13. The monoisotopic (exact) mass is 338 g/mol. The van der Waals surface area contributed by atoms with E-state index in [1.165, 1.54) is 6.07 Å². The number of hydrogen-bond donors (Lipinski definition) is 2. The zero-order valence-electron chi connectivity index (χ0n) is 13.7. The normalized spacial score (nSPS) is 25.4. The summed E-state index contributed by atoms with van der Waals surface area (Å²) in [7, 11) is 0. The maximum Gasteiger partial charge on any atom is 0.220 e. The van der Waals surface area contributed by atoms with Crippen LogP contribution in [-0.4, -0.2) is 38.3 Å². The number of nitrogens with one attached hydrogen (secondary N) is 2. The van der Waals surface area contributed by atoms with Crippen LogP contribution in [0.4, 0.5) is 8.78 Å². The third kappa shape index (κ3) is 4.30. The molecule has 0 saturated carbocycles. The summed E-state index contributed by atoms with van der Waals surface area (Å²) in [5, 5.41) is 6.36. The van der Waals surface area contributed by atoms with Gasteiger partial charge in [0.2, 0.25) is 5.91 Å². The number of halogens is 2. The molecule has 132 valence electrons. The van der Waals surface area contributed by atoms with E-state index in [0.29, 0.717) is 18.9 Å². The minimum Gasteiger partial charge on any atom is -0.381 e. The fraction of sp³-hybridized carbons (Fsp3) is 0.611. The smallest absolute Gasteiger partial charge is 0.220 e. The van der Waals surface area contributed by atoms with Crippen LogP contribution in [0.15, 0.2) is 18.2 Å². The summed E-state index contributed by atoms with van der Waals surface area (Å²) < 4.78 is 32.0. The first-order valence-corrected chi connectivity index (χ1v) is 8.66. The largest absolute Gasteiger partial charge is 0.381 e. The van der Waals surface area contributed by atoms with E-state index >= 15 is 0 Å². The van der Waals surface area contributed by atoms with Crippen molar-refractivity contribution in [3.8, 4) is 0 Å². The molecular weight excluding hydrogens is 314 g/mol. The first kappa shape index (κ1) is 17.3. The van der Waals surface area contributed by atoms with Crippen LogP contribution in [0.3, 0.4) is 0 Å². The van der Waals surface area contributed by atoms with Crippen LogP contribution in [0.25, 0.3) is 0 Å². The molecule has 2 aliphatic heterocycles. The number of ether oxygens (including phenoxy) is 1. The molecule has 2 saturated heterocycles. The highest BCUT2D eigenvalue weighted by Crippen LogP contribution is 2.27. The average molecular weight is 338 g/mol. The van der Waals surface area contributed by atoms with E-state index in [4.69, 9.17) is 4.74 Å². The number of amides is 1. The molecule has 2 heterocycles. The van der Waals surface area contributed by atoms with Crippen LogP contribution in [0.2, 0.25) is 0 Å². The Morgan fingerprint density at radius 3 is 2.75 bits per heavy atom. The molecule has 2 unspecified atom stereocenters. The lowest BCUT2D eigenvalue weighted by molar-refractivity contribution is -0.123. The summed E-state index contributed by atoms with van der Waals surface area (Å²) in [5.74, 6) is -1.27. The third-order valence-electron chi connectivity index (χ3n) is 5.02. The van der Waals surface area contributed by atoms with Crippen LogP contribution in [0, 0.1) is 17.6 Å². The molecule has 2 atom stereocenters. The van der Waals surface area contributed by atoms with Gasteiger partial charge in [-0.2, -0.15) is 0 Å². The number of piperidine rings is 1. The first-order valence-electron chi connectivity index (χ1n) is 8.66. The Balaban J connectivity index is 1.63. The molecule has 0 radical (unpaired) electrons. The number of carbonyl (C=O) groups excluding carboxylic acids is 1. The van der Waals surface area contributed by atoms with Gasteiger partial charge in [0.1, 0.15) is 0 Å². The maximum absolute atomic E-state index is 13.5. The Kier molecular flexibility index (Phi) is 5.79. The van der Waals surface area contributed by atoms with Gasteiger partial charge < -0.3 is 15.4 Å². The van der Waals surface area contributed by atoms with Crippen molar-refractivity contribution < 1.29 is 18.3 Å². The molecular formula is C18H24F2N2O2. The molecule has 1 amide bonds. The predicted octanol–water partition coefficient (Wildman–Crippen LogP) is 2.34. The minimum absolute atomic E-state index is 0.0000100. The van der Waals surface area contributed by atoms with Gasteiger partial charge in [0, 0.05) is 38.1 Å². The Morgan fingerprint density at radius 1 is 1.21 bits per heavy atom. The van der Waals surface area contributed by atoms with E-state index in [1.807, 2.05) is 0 Å². The minimum atomic E-state index is -0.840. The molecule has 0 spiro atoms. The summed E-state index contributed by atoms with van der Waals surface area (Å²) in [6.45, 7) is 2.89. The van der Waals surface area contributed by atoms with Crippen LogP contribution in [0.1, 0.15) is 37.2 Å². The highest BCUT2D eigenvalue weighted by molar-refractivity contribution is 5.76. The van der Waals surface area contributed by atoms with Gasteiger partial charge in [0.25, 0.3) is 0 Å². The first-order chi connectivity index (χ1) is 11.6. The maximum atomic E-state index is 13.5. The second-order valence-electron chi connectivity index (χ2n) is 6.71. The van der Waals surface area contributed by atoms with Gasteiger partial charge in [-0.05, 0) is 49.4 Å². The summed E-state index contributed by atoms with van der Waals surface area (Å²) in [4.78, 5) is 12.4. The van der Waals surface area contributed by atoms with E-state index < -0.39 is 11.6 Å². The topological polar surface area (TPSA) is 50.4 Å². The second kappa shape index (κ2) is 8.03. The van der Waals surface area contributed by atoms with Gasteiger partial charge in [-0.3, -0.25) is 4.79 Å². The van der Waals surface area contributed by atoms with Crippen LogP contribution in [0.5, 0.6) is 0 Å². The molecule has 0 aliphatic carbocycles. The van der Waals surface area contributed by atoms with Gasteiger partial charge in [0.15, 0.2) is 11.6 Å². The second-order valence-corrected chi connectivity index (χ2v) is 6.71. The standard InChI is InChI=1S/C18H24F2N2O2/c19-15-2-1-13(10-16(15)20)14-3-6-21-11-17(14)22-18(23)9-12-4-7-24-8-5-12/h1-2,10,12,14,17,21H,3-9,11H2,(H,22,23). The Hall–Kier alpha value is -1.53. The van der Waals surface area contributed by atoms with Gasteiger partial charge in [-0.25, -0.2) is 8.78 Å². The molecule has 1 aromatic rings. The molecule has 24 heavy (non-hydrogen) atoms. The zero-order chi connectivity index (χ0) is 16.9. The Morgan fingerprint density at radius 2 is 2.00 bits per heavy atom. The molecule has 2 N–H and O–H groups in total. The SMILES string of the molecule is O=C(CC1CCOCC1)NC1CNCCC1c1ccc(F)c(F)c1. The van der Waals surface area contributed by atoms with Gasteiger partial charge >= 0.3 is 0 Å². The Bertz CT molecular complexity index is 576. The van der Waals surface area contributed by atoms with Crippen molar-refractivity contribution >= 4 is 5.91 Å². The van der Waals surface area contributed by atoms with Crippen molar-refractivity contribution in [1.29, 1.82) is 0 Å². The quantitative estimate of drug-likeness (QED) is 0.886. The van der Waals surface area contributed by atoms with Crippen molar-refractivity contribution in [2.24, 2.45) is 5.92 Å². The van der Waals surface area contributed by atoms with Gasteiger partial charge in [0.05, 0.1) is 0 Å². The van der Waals surface area contributed by atoms with E-state index in [0.717, 1.165) is 50.7 Å². The van der Waals surface area contributed by atoms with E-state index in [9.17, 15) is 13.6 Å². The van der Waals surface area contributed by atoms with Crippen molar-refractivity contribution in [1.82, 2.24) is 10.6 Å². The van der Waals surface area contributed by atoms with E-state index in [-0.39, 0.29) is 17.9 Å². The summed E-state index contributed by atoms with van der Waals surface area (Å²) in [6, 6.07) is 3.93. The number of hydrogen-bond acceptors (Lipinski definition) is 3. The molecule has 6 heteroatoms. The number of carbonyl (C=O) groups is 1. The third-order valence-corrected chi connectivity index (χ3v) is 5.02. The van der Waals surface area contributed by atoms with Crippen molar-refractivity contribution in [3.05, 3.63) is 35.4 Å². The highest BCUT2D eigenvalue weighted by Gasteiger charge is 2.29. The molecule has 1 aromatic carbocycles. The van der Waals surface area contributed by atoms with Crippen LogP contribution in [-0.2, 0) is 9.53 Å². The average Bonchev–Trinajstić information content (AvgIpc) is 2.59. The van der Waals surface area contributed by atoms with Gasteiger partial charge in [-0.15, -0.1) is 0 Å². The molecule has 0 aromatic heterocycles. The molecule has 2 fully saturated rings. The Labute approximate surface area is 141 Å². The number of rotatable bonds is 4. The lowest BCUT2D eigenvalue weighted by Crippen LogP contribution is -2.50. The van der Waals surface area contributed by atoms with Crippen molar-refractivity contribution in [3.63, 3.8) is 0 Å². The van der Waals surface area contributed by atoms with Crippen LogP contribution >= 0.6 is 0 Å². The lowest BCUT2D eigenvalue weighted by atomic mass is 9.85. The summed E-state index contributed by atoms with van der Waals surface area (Å²) in [5.41, 5.74) is 0.742. The predicted molar refractivity (Wildman–Crippen MR) is 86.7 cm³/mol. The lowest BCUT2D eigenvalue weighted by Gasteiger charge is -2.34. The van der Waals surface area contributed by atoms with E-state index in [2.05, 4.69) is 10.6 Å². The molecule has 0 bridgehead atoms. The molecule has 2 aliphatic rings. The fourth-order valence-corrected chi connectivity index (χ4v) is 3.63. The molecule has 3 rings (SSSR count). The zero-order valence-corrected chi connectivity index (χ0v) is 13.7. The highest BCUT2D eigenvalue weighted by atomic mass is 19.2. The molecule has 4 nitrogen and oxygen atoms in total. The van der Waals surface area contributed by atoms with Crippen molar-refractivity contribution in [2.45, 2.75) is 37.6 Å². The van der Waals surface area contributed by atoms with E-state index in [1.54, 1.807) is 6.07 Å². The van der Waals surface area contributed by atoms with Crippen LogP contribution < -0.4 is 10.6 Å². The fourth-order valence-electron chi connectivity index (χ4n) is 3.63. The summed E-state index contributed by atoms with van der Waals surface area (Å²) >= 11 is 0.